The van der Waals surface area contributed by atoms with E-state index >= 15 is 0 Å². The summed E-state index contributed by atoms with van der Waals surface area (Å²) >= 11 is 0. The zero-order valence-corrected chi connectivity index (χ0v) is 12.1. The summed E-state index contributed by atoms with van der Waals surface area (Å²) in [5.74, 6) is -0.485. The van der Waals surface area contributed by atoms with Crippen molar-refractivity contribution in [3.05, 3.63) is 29.3 Å². The average molecular weight is 279 g/mol. The molecule has 110 valence electrons. The fourth-order valence-corrected chi connectivity index (χ4v) is 1.87. The maximum atomic E-state index is 11.6. The fourth-order valence-electron chi connectivity index (χ4n) is 1.87. The molecule has 0 aliphatic carbocycles. The maximum absolute atomic E-state index is 11.6. The van der Waals surface area contributed by atoms with E-state index < -0.39 is 5.97 Å². The molecule has 2 N–H and O–H groups in total. The van der Waals surface area contributed by atoms with E-state index in [0.717, 1.165) is 16.9 Å². The molecule has 20 heavy (non-hydrogen) atoms. The number of carboxylic acid groups (broad SMARTS) is 1. The van der Waals surface area contributed by atoms with Crippen LogP contribution in [-0.2, 0) is 9.59 Å². The molecule has 0 fully saturated rings. The summed E-state index contributed by atoms with van der Waals surface area (Å²) in [6.07, 6.45) is 0.0397. The summed E-state index contributed by atoms with van der Waals surface area (Å²) in [5, 5.41) is 11.3. The Hall–Kier alpha value is -2.04. The molecule has 0 aromatic heterocycles. The SMILES string of the molecule is Cc1cccc(C)c1OCC(=O)NCC(C)CC(=O)O. The number of amides is 1. The van der Waals surface area contributed by atoms with E-state index in [1.54, 1.807) is 6.92 Å². The van der Waals surface area contributed by atoms with E-state index in [0.29, 0.717) is 6.54 Å². The first kappa shape index (κ1) is 16.0. The largest absolute Gasteiger partial charge is 0.483 e. The highest BCUT2D eigenvalue weighted by Crippen LogP contribution is 2.21. The molecule has 1 aromatic carbocycles. The van der Waals surface area contributed by atoms with Gasteiger partial charge >= 0.3 is 5.97 Å². The van der Waals surface area contributed by atoms with E-state index in [-0.39, 0.29) is 24.9 Å². The summed E-state index contributed by atoms with van der Waals surface area (Å²) in [4.78, 5) is 22.1. The van der Waals surface area contributed by atoms with Gasteiger partial charge in [0.05, 0.1) is 0 Å². The number of nitrogens with one attached hydrogen (secondary N) is 1. The van der Waals surface area contributed by atoms with E-state index in [1.807, 2.05) is 32.0 Å². The van der Waals surface area contributed by atoms with Crippen molar-refractivity contribution in [2.24, 2.45) is 5.92 Å². The van der Waals surface area contributed by atoms with Gasteiger partial charge in [-0.25, -0.2) is 0 Å². The monoisotopic (exact) mass is 279 g/mol. The molecule has 0 aliphatic heterocycles. The van der Waals surface area contributed by atoms with Crippen molar-refractivity contribution in [3.8, 4) is 5.75 Å². The Morgan fingerprint density at radius 1 is 1.30 bits per heavy atom. The normalized spacial score (nSPS) is 11.8. The van der Waals surface area contributed by atoms with Gasteiger partial charge in [0.2, 0.25) is 0 Å². The fraction of sp³-hybridized carbons (Fsp3) is 0.467. The third-order valence-corrected chi connectivity index (χ3v) is 2.93. The molecule has 1 rings (SSSR count). The molecule has 0 spiro atoms. The van der Waals surface area contributed by atoms with Crippen LogP contribution < -0.4 is 10.1 Å². The molecule has 1 atom stereocenters. The molecule has 0 aliphatic rings. The second-order valence-corrected chi connectivity index (χ2v) is 5.02. The first-order chi connectivity index (χ1) is 9.40. The molecular formula is C15H21NO4. The van der Waals surface area contributed by atoms with Crippen molar-refractivity contribution >= 4 is 11.9 Å². The molecule has 1 amide bonds. The van der Waals surface area contributed by atoms with Crippen LogP contribution in [0.4, 0.5) is 0 Å². The highest BCUT2D eigenvalue weighted by molar-refractivity contribution is 5.77. The third kappa shape index (κ3) is 5.30. The molecule has 0 saturated heterocycles. The number of para-hydroxylation sites is 1. The van der Waals surface area contributed by atoms with Gasteiger partial charge in [-0.1, -0.05) is 25.1 Å². The summed E-state index contributed by atoms with van der Waals surface area (Å²) in [6.45, 7) is 5.90. The summed E-state index contributed by atoms with van der Waals surface area (Å²) in [5.41, 5.74) is 1.97. The highest BCUT2D eigenvalue weighted by Gasteiger charge is 2.10. The smallest absolute Gasteiger partial charge is 0.303 e. The summed E-state index contributed by atoms with van der Waals surface area (Å²) in [6, 6.07) is 5.79. The van der Waals surface area contributed by atoms with Crippen molar-refractivity contribution in [2.45, 2.75) is 27.2 Å². The number of aryl methyl sites for hydroxylation is 2. The lowest BCUT2D eigenvalue weighted by Gasteiger charge is -2.13. The predicted octanol–water partition coefficient (Wildman–Crippen LogP) is 1.91. The Balaban J connectivity index is 2.38. The number of ether oxygens (including phenoxy) is 1. The van der Waals surface area contributed by atoms with Crippen LogP contribution in [0.15, 0.2) is 18.2 Å². The predicted molar refractivity (Wildman–Crippen MR) is 75.8 cm³/mol. The molecule has 0 saturated carbocycles. The quantitative estimate of drug-likeness (QED) is 0.799. The molecule has 5 heteroatoms. The average Bonchev–Trinajstić information content (AvgIpc) is 2.35. The lowest BCUT2D eigenvalue weighted by Crippen LogP contribution is -2.33. The van der Waals surface area contributed by atoms with Gasteiger partial charge in [0.15, 0.2) is 6.61 Å². The lowest BCUT2D eigenvalue weighted by molar-refractivity contribution is -0.138. The number of hydrogen-bond donors (Lipinski definition) is 2. The summed E-state index contributed by atoms with van der Waals surface area (Å²) < 4.78 is 5.51. The molecule has 1 unspecified atom stereocenters. The second kappa shape index (κ2) is 7.53. The Labute approximate surface area is 118 Å². The first-order valence-electron chi connectivity index (χ1n) is 6.57. The number of carbonyl (C=O) groups excluding carboxylic acids is 1. The molecule has 0 radical (unpaired) electrons. The van der Waals surface area contributed by atoms with E-state index in [4.69, 9.17) is 9.84 Å². The van der Waals surface area contributed by atoms with Crippen molar-refractivity contribution in [1.29, 1.82) is 0 Å². The van der Waals surface area contributed by atoms with Crippen molar-refractivity contribution in [3.63, 3.8) is 0 Å². The maximum Gasteiger partial charge on any atom is 0.303 e. The van der Waals surface area contributed by atoms with Crippen LogP contribution in [0.5, 0.6) is 5.75 Å². The molecule has 0 bridgehead atoms. The van der Waals surface area contributed by atoms with Crippen LogP contribution >= 0.6 is 0 Å². The molecular weight excluding hydrogens is 258 g/mol. The van der Waals surface area contributed by atoms with Crippen LogP contribution in [-0.4, -0.2) is 30.1 Å². The topological polar surface area (TPSA) is 75.6 Å². The van der Waals surface area contributed by atoms with E-state index in [1.165, 1.54) is 0 Å². The van der Waals surface area contributed by atoms with Gasteiger partial charge in [0.1, 0.15) is 5.75 Å². The van der Waals surface area contributed by atoms with Gasteiger partial charge in [-0.2, -0.15) is 0 Å². The van der Waals surface area contributed by atoms with Crippen LogP contribution in [0, 0.1) is 19.8 Å². The van der Waals surface area contributed by atoms with Gasteiger partial charge < -0.3 is 15.2 Å². The molecule has 5 nitrogen and oxygen atoms in total. The van der Waals surface area contributed by atoms with Gasteiger partial charge in [0.25, 0.3) is 5.91 Å². The minimum absolute atomic E-state index is 0.0397. The van der Waals surface area contributed by atoms with Crippen LogP contribution in [0.1, 0.15) is 24.5 Å². The van der Waals surface area contributed by atoms with Crippen molar-refractivity contribution < 1.29 is 19.4 Å². The Morgan fingerprint density at radius 3 is 2.45 bits per heavy atom. The first-order valence-corrected chi connectivity index (χ1v) is 6.57. The number of rotatable bonds is 7. The van der Waals surface area contributed by atoms with Gasteiger partial charge in [0, 0.05) is 13.0 Å². The minimum atomic E-state index is -0.862. The van der Waals surface area contributed by atoms with Gasteiger partial charge in [-0.05, 0) is 30.9 Å². The van der Waals surface area contributed by atoms with Gasteiger partial charge in [-0.3, -0.25) is 9.59 Å². The van der Waals surface area contributed by atoms with E-state index in [9.17, 15) is 9.59 Å². The number of carboxylic acids is 1. The minimum Gasteiger partial charge on any atom is -0.483 e. The standard InChI is InChI=1S/C15H21NO4/c1-10(7-14(18)19)8-16-13(17)9-20-15-11(2)5-4-6-12(15)3/h4-6,10H,7-9H2,1-3H3,(H,16,17)(H,18,19). The lowest BCUT2D eigenvalue weighted by atomic mass is 10.1. The van der Waals surface area contributed by atoms with Crippen LogP contribution in [0.3, 0.4) is 0 Å². The number of hydrogen-bond acceptors (Lipinski definition) is 3. The Bertz CT molecular complexity index is 465. The zero-order valence-electron chi connectivity index (χ0n) is 12.1. The van der Waals surface area contributed by atoms with Gasteiger partial charge in [-0.15, -0.1) is 0 Å². The summed E-state index contributed by atoms with van der Waals surface area (Å²) in [7, 11) is 0. The molecule has 0 heterocycles. The van der Waals surface area contributed by atoms with Crippen molar-refractivity contribution in [2.75, 3.05) is 13.2 Å². The zero-order chi connectivity index (χ0) is 15.1. The molecule has 1 aromatic rings. The van der Waals surface area contributed by atoms with Crippen molar-refractivity contribution in [1.82, 2.24) is 5.32 Å². The highest BCUT2D eigenvalue weighted by atomic mass is 16.5. The van der Waals surface area contributed by atoms with Crippen LogP contribution in [0.25, 0.3) is 0 Å². The third-order valence-electron chi connectivity index (χ3n) is 2.93. The number of aliphatic carboxylic acids is 1. The second-order valence-electron chi connectivity index (χ2n) is 5.02. The number of benzene rings is 1. The van der Waals surface area contributed by atoms with Crippen LogP contribution in [0.2, 0.25) is 0 Å². The van der Waals surface area contributed by atoms with E-state index in [2.05, 4.69) is 5.32 Å². The number of carbonyl (C=O) groups is 2. The Morgan fingerprint density at radius 2 is 1.90 bits per heavy atom. The Kier molecular flexibility index (Phi) is 6.03.